The van der Waals surface area contributed by atoms with Crippen LogP contribution in [0.1, 0.15) is 30.9 Å². The molecular formula is C14H17NO6. The highest BCUT2D eigenvalue weighted by molar-refractivity contribution is 6.33. The summed E-state index contributed by atoms with van der Waals surface area (Å²) in [5, 5.41) is 19.7. The van der Waals surface area contributed by atoms with Gasteiger partial charge in [0.05, 0.1) is 23.5 Å². The Kier molecular flexibility index (Phi) is 5.83. The lowest BCUT2D eigenvalue weighted by atomic mass is 10.0. The Bertz CT molecular complexity index is 567. The van der Waals surface area contributed by atoms with E-state index in [4.69, 9.17) is 9.84 Å². The Morgan fingerprint density at radius 3 is 2.57 bits per heavy atom. The first kappa shape index (κ1) is 16.6. The van der Waals surface area contributed by atoms with Crippen LogP contribution in [-0.2, 0) is 16.0 Å². The average molecular weight is 295 g/mol. The molecule has 0 atom stereocenters. The maximum Gasteiger partial charge on any atom is 0.372 e. The molecule has 0 heterocycles. The van der Waals surface area contributed by atoms with E-state index in [1.165, 1.54) is 12.1 Å². The molecule has 1 N–H and O–H groups in total. The van der Waals surface area contributed by atoms with Crippen LogP contribution < -0.4 is 4.74 Å². The van der Waals surface area contributed by atoms with E-state index in [-0.39, 0.29) is 17.0 Å². The van der Waals surface area contributed by atoms with Gasteiger partial charge in [-0.25, -0.2) is 4.79 Å². The zero-order chi connectivity index (χ0) is 16.0. The minimum absolute atomic E-state index is 0.0171. The zero-order valence-corrected chi connectivity index (χ0v) is 11.9. The maximum absolute atomic E-state index is 11.4. The van der Waals surface area contributed by atoms with Gasteiger partial charge in [-0.2, -0.15) is 0 Å². The highest BCUT2D eigenvalue weighted by atomic mass is 16.6. The molecule has 0 unspecified atom stereocenters. The van der Waals surface area contributed by atoms with Gasteiger partial charge in [-0.1, -0.05) is 13.3 Å². The molecule has 0 spiro atoms. The van der Waals surface area contributed by atoms with Crippen molar-refractivity contribution in [2.24, 2.45) is 0 Å². The van der Waals surface area contributed by atoms with Crippen LogP contribution in [0.15, 0.2) is 12.1 Å². The normalized spacial score (nSPS) is 10.2. The van der Waals surface area contributed by atoms with Crippen molar-refractivity contribution in [3.05, 3.63) is 33.4 Å². The summed E-state index contributed by atoms with van der Waals surface area (Å²) in [5.41, 5.74) is 0.343. The van der Waals surface area contributed by atoms with Crippen LogP contribution in [0.5, 0.6) is 5.75 Å². The first-order chi connectivity index (χ1) is 9.88. The second-order valence-corrected chi connectivity index (χ2v) is 4.57. The Labute approximate surface area is 121 Å². The Hall–Kier alpha value is -2.44. The van der Waals surface area contributed by atoms with Gasteiger partial charge >= 0.3 is 5.97 Å². The van der Waals surface area contributed by atoms with Crippen molar-refractivity contribution >= 4 is 17.4 Å². The summed E-state index contributed by atoms with van der Waals surface area (Å²) in [6, 6.07) is 2.78. The first-order valence-corrected chi connectivity index (χ1v) is 6.54. The number of benzene rings is 1. The number of nitro benzene ring substituents is 1. The van der Waals surface area contributed by atoms with Crippen molar-refractivity contribution in [2.75, 3.05) is 6.61 Å². The Balaban J connectivity index is 3.24. The average Bonchev–Trinajstić information content (AvgIpc) is 2.41. The SMILES string of the molecule is CCCCOc1c(C)ccc([N+](=O)[O-])c1CC(=O)C(=O)O. The molecular weight excluding hydrogens is 278 g/mol. The van der Waals surface area contributed by atoms with Gasteiger partial charge in [0.25, 0.3) is 5.69 Å². The molecule has 114 valence electrons. The van der Waals surface area contributed by atoms with Gasteiger partial charge in [-0.05, 0) is 25.0 Å². The summed E-state index contributed by atoms with van der Waals surface area (Å²) in [4.78, 5) is 32.5. The van der Waals surface area contributed by atoms with E-state index in [2.05, 4.69) is 0 Å². The molecule has 1 aromatic rings. The van der Waals surface area contributed by atoms with Crippen LogP contribution in [0.4, 0.5) is 5.69 Å². The van der Waals surface area contributed by atoms with Crippen molar-refractivity contribution < 1.29 is 24.4 Å². The predicted molar refractivity (Wildman–Crippen MR) is 74.6 cm³/mol. The molecule has 0 aromatic heterocycles. The smallest absolute Gasteiger partial charge is 0.372 e. The summed E-state index contributed by atoms with van der Waals surface area (Å²) >= 11 is 0. The number of ketones is 1. The molecule has 0 aliphatic carbocycles. The summed E-state index contributed by atoms with van der Waals surface area (Å²) in [7, 11) is 0. The molecule has 7 nitrogen and oxygen atoms in total. The number of carbonyl (C=O) groups excluding carboxylic acids is 1. The Morgan fingerprint density at radius 2 is 2.05 bits per heavy atom. The topological polar surface area (TPSA) is 107 Å². The maximum atomic E-state index is 11.4. The molecule has 0 aliphatic rings. The molecule has 0 bridgehead atoms. The molecule has 0 amide bonds. The summed E-state index contributed by atoms with van der Waals surface area (Å²) in [5.74, 6) is -2.50. The fraction of sp³-hybridized carbons (Fsp3) is 0.429. The van der Waals surface area contributed by atoms with Crippen LogP contribution >= 0.6 is 0 Å². The first-order valence-electron chi connectivity index (χ1n) is 6.54. The molecule has 0 saturated heterocycles. The number of nitro groups is 1. The lowest BCUT2D eigenvalue weighted by Crippen LogP contribution is -2.17. The number of carboxylic acids is 1. The van der Waals surface area contributed by atoms with Crippen LogP contribution in [0.3, 0.4) is 0 Å². The standard InChI is InChI=1S/C14H17NO6/c1-3-4-7-21-13-9(2)5-6-11(15(19)20)10(13)8-12(16)14(17)18/h5-6H,3-4,7-8H2,1-2H3,(H,17,18). The molecule has 0 saturated carbocycles. The van der Waals surface area contributed by atoms with Crippen LogP contribution in [-0.4, -0.2) is 28.4 Å². The number of aliphatic carboxylic acids is 1. The van der Waals surface area contributed by atoms with Crippen molar-refractivity contribution in [3.8, 4) is 5.75 Å². The van der Waals surface area contributed by atoms with E-state index in [0.717, 1.165) is 12.8 Å². The number of nitrogens with zero attached hydrogens (tertiary/aromatic N) is 1. The van der Waals surface area contributed by atoms with Crippen LogP contribution in [0, 0.1) is 17.0 Å². The van der Waals surface area contributed by atoms with Crippen molar-refractivity contribution in [2.45, 2.75) is 33.1 Å². The van der Waals surface area contributed by atoms with E-state index >= 15 is 0 Å². The highest BCUT2D eigenvalue weighted by Gasteiger charge is 2.25. The third-order valence-electron chi connectivity index (χ3n) is 2.95. The number of hydrogen-bond acceptors (Lipinski definition) is 5. The molecule has 21 heavy (non-hydrogen) atoms. The molecule has 1 rings (SSSR count). The summed E-state index contributed by atoms with van der Waals surface area (Å²) in [6.45, 7) is 4.02. The minimum Gasteiger partial charge on any atom is -0.493 e. The van der Waals surface area contributed by atoms with Gasteiger partial charge in [0.2, 0.25) is 5.78 Å². The van der Waals surface area contributed by atoms with Gasteiger partial charge in [0.1, 0.15) is 5.75 Å². The predicted octanol–water partition coefficient (Wildman–Crippen LogP) is 2.28. The molecule has 1 aromatic carbocycles. The third-order valence-corrected chi connectivity index (χ3v) is 2.95. The lowest BCUT2D eigenvalue weighted by Gasteiger charge is -2.13. The highest BCUT2D eigenvalue weighted by Crippen LogP contribution is 2.32. The number of carbonyl (C=O) groups is 2. The number of aryl methyl sites for hydroxylation is 1. The second kappa shape index (κ2) is 7.37. The Morgan fingerprint density at radius 1 is 1.38 bits per heavy atom. The number of rotatable bonds is 8. The molecule has 0 fully saturated rings. The largest absolute Gasteiger partial charge is 0.493 e. The van der Waals surface area contributed by atoms with Crippen LogP contribution in [0.2, 0.25) is 0 Å². The second-order valence-electron chi connectivity index (χ2n) is 4.57. The summed E-state index contributed by atoms with van der Waals surface area (Å²) < 4.78 is 5.53. The quantitative estimate of drug-likeness (QED) is 0.341. The number of Topliss-reactive ketones (excluding diaryl/α,β-unsaturated/α-hetero) is 1. The number of unbranched alkanes of at least 4 members (excludes halogenated alkanes) is 1. The van der Waals surface area contributed by atoms with Gasteiger partial charge in [0, 0.05) is 6.07 Å². The third kappa shape index (κ3) is 4.27. The van der Waals surface area contributed by atoms with Gasteiger partial charge < -0.3 is 9.84 Å². The minimum atomic E-state index is -1.62. The number of carboxylic acid groups (broad SMARTS) is 1. The molecule has 0 aliphatic heterocycles. The van der Waals surface area contributed by atoms with Gasteiger partial charge in [-0.3, -0.25) is 14.9 Å². The fourth-order valence-corrected chi connectivity index (χ4v) is 1.83. The monoisotopic (exact) mass is 295 g/mol. The fourth-order valence-electron chi connectivity index (χ4n) is 1.83. The molecule has 0 radical (unpaired) electrons. The van der Waals surface area contributed by atoms with E-state index in [9.17, 15) is 19.7 Å². The zero-order valence-electron chi connectivity index (χ0n) is 11.9. The van der Waals surface area contributed by atoms with E-state index in [1.807, 2.05) is 6.92 Å². The summed E-state index contributed by atoms with van der Waals surface area (Å²) in [6.07, 6.45) is 1.08. The van der Waals surface area contributed by atoms with Crippen LogP contribution in [0.25, 0.3) is 0 Å². The van der Waals surface area contributed by atoms with E-state index < -0.39 is 23.1 Å². The lowest BCUT2D eigenvalue weighted by molar-refractivity contribution is -0.385. The van der Waals surface area contributed by atoms with Gasteiger partial charge in [0.15, 0.2) is 0 Å². The van der Waals surface area contributed by atoms with E-state index in [0.29, 0.717) is 12.2 Å². The van der Waals surface area contributed by atoms with Crippen molar-refractivity contribution in [1.82, 2.24) is 0 Å². The van der Waals surface area contributed by atoms with Crippen molar-refractivity contribution in [1.29, 1.82) is 0 Å². The van der Waals surface area contributed by atoms with E-state index in [1.54, 1.807) is 6.92 Å². The van der Waals surface area contributed by atoms with Gasteiger partial charge in [-0.15, -0.1) is 0 Å². The number of hydrogen-bond donors (Lipinski definition) is 1. The van der Waals surface area contributed by atoms with Crippen molar-refractivity contribution in [3.63, 3.8) is 0 Å². The number of ether oxygens (including phenoxy) is 1. The molecule has 7 heteroatoms.